The fraction of sp³-hybridized carbons (Fsp3) is 0.273. The fourth-order valence-electron chi connectivity index (χ4n) is 2.89. The average Bonchev–Trinajstić information content (AvgIpc) is 2.95. The minimum absolute atomic E-state index is 0.136. The molecule has 0 aliphatic carbocycles. The number of hydrogen-bond acceptors (Lipinski definition) is 4. The van der Waals surface area contributed by atoms with E-state index in [1.807, 2.05) is 62.4 Å². The molecule has 140 valence electrons. The van der Waals surface area contributed by atoms with Crippen LogP contribution in [0.3, 0.4) is 0 Å². The molecule has 0 fully saturated rings. The van der Waals surface area contributed by atoms with Gasteiger partial charge in [0, 0.05) is 0 Å². The van der Waals surface area contributed by atoms with Gasteiger partial charge in [0.2, 0.25) is 0 Å². The number of rotatable bonds is 6. The molecule has 2 aromatic rings. The highest BCUT2D eigenvalue weighted by Gasteiger charge is 2.28. The molecule has 27 heavy (non-hydrogen) atoms. The van der Waals surface area contributed by atoms with Crippen LogP contribution in [0, 0.1) is 6.92 Å². The third-order valence-corrected chi connectivity index (χ3v) is 4.27. The van der Waals surface area contributed by atoms with Crippen LogP contribution in [-0.2, 0) is 4.79 Å². The number of carbonyl (C=O) groups is 1. The van der Waals surface area contributed by atoms with Gasteiger partial charge in [0.25, 0.3) is 5.91 Å². The van der Waals surface area contributed by atoms with E-state index in [1.165, 1.54) is 5.01 Å². The van der Waals surface area contributed by atoms with Gasteiger partial charge in [-0.05, 0) is 61.7 Å². The summed E-state index contributed by atoms with van der Waals surface area (Å²) in [5.41, 5.74) is 3.97. The topological polar surface area (TPSA) is 51.1 Å². The van der Waals surface area contributed by atoms with E-state index >= 15 is 0 Å². The van der Waals surface area contributed by atoms with Gasteiger partial charge < -0.3 is 9.47 Å². The molecule has 1 heterocycles. The van der Waals surface area contributed by atoms with Gasteiger partial charge in [-0.3, -0.25) is 4.79 Å². The highest BCUT2D eigenvalue weighted by molar-refractivity contribution is 6.32. The second-order valence-electron chi connectivity index (χ2n) is 6.46. The van der Waals surface area contributed by atoms with Crippen LogP contribution < -0.4 is 14.5 Å². The van der Waals surface area contributed by atoms with Crippen molar-refractivity contribution in [3.8, 4) is 11.5 Å². The molecule has 1 aliphatic heterocycles. The maximum Gasteiger partial charge on any atom is 0.280 e. The van der Waals surface area contributed by atoms with Gasteiger partial charge in [-0.15, -0.1) is 0 Å². The van der Waals surface area contributed by atoms with Crippen LogP contribution in [0.25, 0.3) is 6.08 Å². The van der Waals surface area contributed by atoms with Gasteiger partial charge >= 0.3 is 0 Å². The molecule has 1 aliphatic rings. The lowest BCUT2D eigenvalue weighted by molar-refractivity contribution is -0.114. The van der Waals surface area contributed by atoms with Crippen molar-refractivity contribution in [1.82, 2.24) is 0 Å². The van der Waals surface area contributed by atoms with Crippen molar-refractivity contribution in [2.45, 2.75) is 27.2 Å². The lowest BCUT2D eigenvalue weighted by atomic mass is 10.1. The molecular formula is C22H24N2O3. The average molecular weight is 364 g/mol. The SMILES string of the molecule is CCCOc1ccc(/C=C2\C(=O)N(c3cccc(C)c3)N=C2C)cc1OC. The molecule has 0 bridgehead atoms. The molecule has 0 saturated heterocycles. The second kappa shape index (κ2) is 8.08. The van der Waals surface area contributed by atoms with E-state index in [1.54, 1.807) is 7.11 Å². The normalized spacial score (nSPS) is 15.3. The first-order chi connectivity index (χ1) is 13.0. The monoisotopic (exact) mass is 364 g/mol. The van der Waals surface area contributed by atoms with E-state index in [0.29, 0.717) is 29.4 Å². The third-order valence-electron chi connectivity index (χ3n) is 4.27. The number of nitrogens with zero attached hydrogens (tertiary/aromatic N) is 2. The van der Waals surface area contributed by atoms with Crippen LogP contribution in [0.2, 0.25) is 0 Å². The van der Waals surface area contributed by atoms with Crippen molar-refractivity contribution in [3.63, 3.8) is 0 Å². The Bertz CT molecular complexity index is 916. The summed E-state index contributed by atoms with van der Waals surface area (Å²) in [6, 6.07) is 13.4. The number of methoxy groups -OCH3 is 1. The quantitative estimate of drug-likeness (QED) is 0.704. The summed E-state index contributed by atoms with van der Waals surface area (Å²) in [5, 5.41) is 5.88. The summed E-state index contributed by atoms with van der Waals surface area (Å²) in [5.74, 6) is 1.21. The van der Waals surface area contributed by atoms with E-state index in [0.717, 1.165) is 23.2 Å². The molecule has 3 rings (SSSR count). The Labute approximate surface area is 159 Å². The zero-order chi connectivity index (χ0) is 19.4. The summed E-state index contributed by atoms with van der Waals surface area (Å²) in [7, 11) is 1.61. The molecule has 0 spiro atoms. The number of hydrogen-bond donors (Lipinski definition) is 0. The molecule has 0 aromatic heterocycles. The molecule has 0 N–H and O–H groups in total. The first kappa shape index (κ1) is 18.7. The van der Waals surface area contributed by atoms with Crippen molar-refractivity contribution in [2.75, 3.05) is 18.7 Å². The van der Waals surface area contributed by atoms with Gasteiger partial charge in [0.1, 0.15) is 0 Å². The minimum atomic E-state index is -0.136. The van der Waals surface area contributed by atoms with Gasteiger partial charge in [-0.25, -0.2) is 0 Å². The van der Waals surface area contributed by atoms with Crippen LogP contribution in [0.5, 0.6) is 11.5 Å². The zero-order valence-electron chi connectivity index (χ0n) is 16.2. The molecule has 2 aromatic carbocycles. The number of amides is 1. The predicted octanol–water partition coefficient (Wildman–Crippen LogP) is 4.60. The van der Waals surface area contributed by atoms with Crippen LogP contribution >= 0.6 is 0 Å². The number of anilines is 1. The summed E-state index contributed by atoms with van der Waals surface area (Å²) < 4.78 is 11.1. The molecule has 0 unspecified atom stereocenters. The van der Waals surface area contributed by atoms with E-state index in [4.69, 9.17) is 9.47 Å². The second-order valence-corrected chi connectivity index (χ2v) is 6.46. The first-order valence-electron chi connectivity index (χ1n) is 9.02. The lowest BCUT2D eigenvalue weighted by Gasteiger charge is -2.12. The number of hydrazone groups is 1. The Morgan fingerprint density at radius 2 is 1.93 bits per heavy atom. The number of carbonyl (C=O) groups excluding carboxylic acids is 1. The van der Waals surface area contributed by atoms with Gasteiger partial charge in [0.15, 0.2) is 11.5 Å². The van der Waals surface area contributed by atoms with Crippen molar-refractivity contribution < 1.29 is 14.3 Å². The summed E-state index contributed by atoms with van der Waals surface area (Å²) in [6.07, 6.45) is 2.76. The van der Waals surface area contributed by atoms with Gasteiger partial charge in [-0.2, -0.15) is 10.1 Å². The summed E-state index contributed by atoms with van der Waals surface area (Å²) in [6.45, 7) is 6.52. The Morgan fingerprint density at radius 1 is 1.11 bits per heavy atom. The van der Waals surface area contributed by atoms with Crippen molar-refractivity contribution in [2.24, 2.45) is 5.10 Å². The predicted molar refractivity (Wildman–Crippen MR) is 109 cm³/mol. The molecule has 0 radical (unpaired) electrons. The highest BCUT2D eigenvalue weighted by atomic mass is 16.5. The maximum absolute atomic E-state index is 12.9. The smallest absolute Gasteiger partial charge is 0.280 e. The lowest BCUT2D eigenvalue weighted by Crippen LogP contribution is -2.21. The first-order valence-corrected chi connectivity index (χ1v) is 9.02. The van der Waals surface area contributed by atoms with Crippen molar-refractivity contribution in [3.05, 3.63) is 59.2 Å². The van der Waals surface area contributed by atoms with Gasteiger partial charge in [-0.1, -0.05) is 25.1 Å². The summed E-state index contributed by atoms with van der Waals surface area (Å²) >= 11 is 0. The summed E-state index contributed by atoms with van der Waals surface area (Å²) in [4.78, 5) is 12.9. The Morgan fingerprint density at radius 3 is 2.63 bits per heavy atom. The van der Waals surface area contributed by atoms with E-state index in [-0.39, 0.29) is 5.91 Å². The van der Waals surface area contributed by atoms with Crippen LogP contribution in [0.4, 0.5) is 5.69 Å². The Kier molecular flexibility index (Phi) is 5.60. The zero-order valence-corrected chi connectivity index (χ0v) is 16.2. The third kappa shape index (κ3) is 4.03. The minimum Gasteiger partial charge on any atom is -0.493 e. The molecule has 0 atom stereocenters. The van der Waals surface area contributed by atoms with Crippen LogP contribution in [0.1, 0.15) is 31.4 Å². The molecule has 5 nitrogen and oxygen atoms in total. The molecule has 5 heteroatoms. The maximum atomic E-state index is 12.9. The number of aryl methyl sites for hydroxylation is 1. The van der Waals surface area contributed by atoms with Crippen LogP contribution in [-0.4, -0.2) is 25.3 Å². The highest BCUT2D eigenvalue weighted by Crippen LogP contribution is 2.31. The Balaban J connectivity index is 1.89. The van der Waals surface area contributed by atoms with E-state index < -0.39 is 0 Å². The van der Waals surface area contributed by atoms with Crippen molar-refractivity contribution in [1.29, 1.82) is 0 Å². The van der Waals surface area contributed by atoms with E-state index in [9.17, 15) is 4.79 Å². The largest absolute Gasteiger partial charge is 0.493 e. The number of benzene rings is 2. The van der Waals surface area contributed by atoms with E-state index in [2.05, 4.69) is 12.0 Å². The number of ether oxygens (including phenoxy) is 2. The van der Waals surface area contributed by atoms with Gasteiger partial charge in [0.05, 0.1) is 30.7 Å². The standard InChI is InChI=1S/C22H24N2O3/c1-5-11-27-20-10-9-17(14-21(20)26-4)13-19-16(3)23-24(22(19)25)18-8-6-7-15(2)12-18/h6-10,12-14H,5,11H2,1-4H3/b19-13-. The fourth-order valence-corrected chi connectivity index (χ4v) is 2.89. The molecule has 0 saturated carbocycles. The Hall–Kier alpha value is -3.08. The molecule has 1 amide bonds. The van der Waals surface area contributed by atoms with Crippen LogP contribution in [0.15, 0.2) is 53.1 Å². The van der Waals surface area contributed by atoms with Crippen molar-refractivity contribution >= 4 is 23.4 Å². The molecular weight excluding hydrogens is 340 g/mol.